The van der Waals surface area contributed by atoms with Crippen molar-refractivity contribution in [1.29, 1.82) is 0 Å². The average Bonchev–Trinajstić information content (AvgIpc) is 3.85. The van der Waals surface area contributed by atoms with Crippen molar-refractivity contribution in [3.63, 3.8) is 0 Å². The molecule has 0 unspecified atom stereocenters. The van der Waals surface area contributed by atoms with Gasteiger partial charge in [-0.3, -0.25) is 0 Å². The first-order valence-corrected chi connectivity index (χ1v) is 22.9. The van der Waals surface area contributed by atoms with Gasteiger partial charge in [-0.05, 0) is 74.4 Å². The summed E-state index contributed by atoms with van der Waals surface area (Å²) in [6.07, 6.45) is 1.91. The van der Waals surface area contributed by atoms with Crippen molar-refractivity contribution in [3.05, 3.63) is 187 Å². The van der Waals surface area contributed by atoms with Crippen LogP contribution in [-0.2, 0) is 31.9 Å². The molecule has 0 fully saturated rings. The summed E-state index contributed by atoms with van der Waals surface area (Å²) in [6.45, 7) is 29.8. The first-order valence-electron chi connectivity index (χ1n) is 22.9. The van der Waals surface area contributed by atoms with Crippen LogP contribution in [0.1, 0.15) is 94.2 Å². The summed E-state index contributed by atoms with van der Waals surface area (Å²) < 4.78 is 9.15. The number of pyridine rings is 1. The number of hydrogen-bond donors (Lipinski definition) is 0. The van der Waals surface area contributed by atoms with E-state index >= 15 is 0 Å². The van der Waals surface area contributed by atoms with Gasteiger partial charge in [-0.1, -0.05) is 174 Å². The fraction of sp³-hybridized carbons (Fsp3) is 0.267. The summed E-state index contributed by atoms with van der Waals surface area (Å²) >= 11 is 0. The van der Waals surface area contributed by atoms with E-state index in [9.17, 15) is 0 Å². The Kier molecular flexibility index (Phi) is 12.3. The summed E-state index contributed by atoms with van der Waals surface area (Å²) in [5.41, 5.74) is 12.9. The van der Waals surface area contributed by atoms with Crippen LogP contribution in [0.2, 0.25) is 0 Å². The van der Waals surface area contributed by atoms with Gasteiger partial charge >= 0.3 is 0 Å². The molecule has 340 valence electrons. The molecule has 0 N–H and O–H groups in total. The third kappa shape index (κ3) is 9.12. The molecule has 0 radical (unpaired) electrons. The van der Waals surface area contributed by atoms with Gasteiger partial charge in [0, 0.05) is 72.2 Å². The summed E-state index contributed by atoms with van der Waals surface area (Å²) in [5.74, 6) is 2.06. The zero-order chi connectivity index (χ0) is 46.1. The SMILES string of the molecule is CC(C)(C)C1=C(C(C)(C)C)N(c2cc(-c3ccccc3)cc(C(C)(C)C)c2)[CH-]N1c1[c-]c(Oc2[c-]c3c(cc2)c2ccccc2n3-c2cc(C(C)(C)C)ccn2)cc(-c2ccccc2)c1.[Pt]. The molecule has 0 amide bonds. The first-order chi connectivity index (χ1) is 30.7. The van der Waals surface area contributed by atoms with Crippen LogP contribution in [0.5, 0.6) is 11.5 Å². The smallest absolute Gasteiger partial charge is 0.135 e. The van der Waals surface area contributed by atoms with E-state index in [0.29, 0.717) is 11.5 Å². The molecule has 0 bridgehead atoms. The largest absolute Gasteiger partial charge is 0.509 e. The predicted octanol–water partition coefficient (Wildman–Crippen LogP) is 16.2. The van der Waals surface area contributed by atoms with Crippen LogP contribution in [0, 0.1) is 29.6 Å². The van der Waals surface area contributed by atoms with Gasteiger partial charge in [-0.25, -0.2) is 4.98 Å². The Morgan fingerprint density at radius 1 is 0.485 bits per heavy atom. The van der Waals surface area contributed by atoms with Crippen molar-refractivity contribution >= 4 is 33.2 Å². The summed E-state index contributed by atoms with van der Waals surface area (Å²) in [4.78, 5) is 9.68. The van der Waals surface area contributed by atoms with Crippen molar-refractivity contribution in [2.45, 2.75) is 93.9 Å². The second-order valence-electron chi connectivity index (χ2n) is 21.6. The number of aromatic nitrogens is 2. The maximum Gasteiger partial charge on any atom is 0.135 e. The minimum Gasteiger partial charge on any atom is -0.509 e. The van der Waals surface area contributed by atoms with Crippen molar-refractivity contribution in [3.8, 4) is 39.6 Å². The molecule has 66 heavy (non-hydrogen) atoms. The second-order valence-corrected chi connectivity index (χ2v) is 21.6. The van der Waals surface area contributed by atoms with Gasteiger partial charge in [-0.2, -0.15) is 6.07 Å². The quantitative estimate of drug-likeness (QED) is 0.149. The van der Waals surface area contributed by atoms with Crippen molar-refractivity contribution in [1.82, 2.24) is 9.55 Å². The van der Waals surface area contributed by atoms with E-state index in [2.05, 4.69) is 250 Å². The maximum absolute atomic E-state index is 6.94. The topological polar surface area (TPSA) is 33.5 Å². The van der Waals surface area contributed by atoms with Gasteiger partial charge in [0.15, 0.2) is 0 Å². The van der Waals surface area contributed by atoms with Crippen LogP contribution >= 0.6 is 0 Å². The monoisotopic (exact) mass is 1050 g/mol. The minimum atomic E-state index is -0.250. The molecule has 0 saturated heterocycles. The summed E-state index contributed by atoms with van der Waals surface area (Å²) in [7, 11) is 0. The molecule has 0 spiro atoms. The van der Waals surface area contributed by atoms with E-state index in [0.717, 1.165) is 50.1 Å². The van der Waals surface area contributed by atoms with Crippen LogP contribution in [0.15, 0.2) is 157 Å². The fourth-order valence-corrected chi connectivity index (χ4v) is 9.06. The molecule has 0 saturated carbocycles. The van der Waals surface area contributed by atoms with Gasteiger partial charge in [-0.15, -0.1) is 53.6 Å². The van der Waals surface area contributed by atoms with Crippen molar-refractivity contribution in [2.75, 3.05) is 9.80 Å². The zero-order valence-electron chi connectivity index (χ0n) is 40.4. The van der Waals surface area contributed by atoms with E-state index < -0.39 is 0 Å². The Labute approximate surface area is 407 Å². The Morgan fingerprint density at radius 2 is 1.08 bits per heavy atom. The van der Waals surface area contributed by atoms with Gasteiger partial charge in [0.1, 0.15) is 5.82 Å². The number of anilines is 2. The Balaban J connectivity index is 0.00000592. The molecule has 0 aliphatic carbocycles. The Hall–Kier alpha value is -5.90. The zero-order valence-corrected chi connectivity index (χ0v) is 42.7. The van der Waals surface area contributed by atoms with E-state index in [-0.39, 0.29) is 42.7 Å². The number of hydrogen-bond acceptors (Lipinski definition) is 4. The fourth-order valence-electron chi connectivity index (χ4n) is 9.06. The Bertz CT molecular complexity index is 3080. The van der Waals surface area contributed by atoms with Crippen LogP contribution in [0.3, 0.4) is 0 Å². The van der Waals surface area contributed by atoms with E-state index in [1.54, 1.807) is 0 Å². The van der Waals surface area contributed by atoms with Crippen molar-refractivity contribution in [2.24, 2.45) is 10.8 Å². The number of benzene rings is 6. The average molecular weight is 1050 g/mol. The number of ether oxygens (including phenoxy) is 1. The van der Waals surface area contributed by atoms with E-state index in [1.165, 1.54) is 33.6 Å². The third-order valence-corrected chi connectivity index (χ3v) is 12.3. The maximum atomic E-state index is 6.94. The summed E-state index contributed by atoms with van der Waals surface area (Å²) in [6, 6.07) is 57.1. The van der Waals surface area contributed by atoms with Crippen molar-refractivity contribution < 1.29 is 25.8 Å². The molecule has 1 aliphatic rings. The second kappa shape index (κ2) is 17.4. The molecule has 1 aliphatic heterocycles. The van der Waals surface area contributed by atoms with E-state index in [1.807, 2.05) is 12.3 Å². The predicted molar refractivity (Wildman–Crippen MR) is 273 cm³/mol. The van der Waals surface area contributed by atoms with Gasteiger partial charge in [0.25, 0.3) is 0 Å². The standard InChI is InChI=1S/C60H61N4O.Pt/c1-57(2,3)44-29-30-61-54(36-44)64-52-26-20-19-25-50(52)51-28-27-48(38-53(51)64)65-49-34-43(41-23-17-14-18-24-41)33-47(37-49)63-39-62(55(59(7,8)9)56(63)60(10,11)12)46-32-42(40-21-15-13-16-22-40)31-45(35-46)58(4,5)6;/h13-36,39H,1-12H3;/q-3;. The molecule has 0 atom stereocenters. The number of allylic oxidation sites excluding steroid dienone is 2. The normalized spacial score (nSPS) is 13.8. The van der Waals surface area contributed by atoms with Gasteiger partial charge in [0.05, 0.1) is 0 Å². The molecular weight excluding hydrogens is 988 g/mol. The summed E-state index contributed by atoms with van der Waals surface area (Å²) in [5, 5.41) is 2.23. The molecule has 5 nitrogen and oxygen atoms in total. The first kappa shape index (κ1) is 46.6. The van der Waals surface area contributed by atoms with Crippen LogP contribution in [0.25, 0.3) is 49.9 Å². The molecule has 2 aromatic heterocycles. The third-order valence-electron chi connectivity index (χ3n) is 12.3. The molecule has 9 rings (SSSR count). The molecule has 6 heteroatoms. The molecule has 6 aromatic carbocycles. The van der Waals surface area contributed by atoms with Gasteiger partial charge < -0.3 is 19.1 Å². The number of rotatable bonds is 7. The number of fused-ring (bicyclic) bond motifs is 3. The van der Waals surface area contributed by atoms with E-state index in [4.69, 9.17) is 9.72 Å². The van der Waals surface area contributed by atoms with Crippen LogP contribution < -0.4 is 14.5 Å². The Morgan fingerprint density at radius 3 is 1.70 bits per heavy atom. The molecule has 8 aromatic rings. The molecule has 3 heterocycles. The number of para-hydroxylation sites is 1. The van der Waals surface area contributed by atoms with Gasteiger partial charge in [0.2, 0.25) is 0 Å². The number of nitrogens with zero attached hydrogens (tertiary/aromatic N) is 4. The minimum absolute atomic E-state index is 0. The molecular formula is C60H61N4OPt-3. The van der Waals surface area contributed by atoms with Crippen LogP contribution in [-0.4, -0.2) is 9.55 Å². The van der Waals surface area contributed by atoms with Crippen LogP contribution in [0.4, 0.5) is 11.4 Å².